The van der Waals surface area contributed by atoms with Gasteiger partial charge < -0.3 is 25.8 Å². The average Bonchev–Trinajstić information content (AvgIpc) is 3.57. The molecule has 0 aliphatic heterocycles. The van der Waals surface area contributed by atoms with Crippen molar-refractivity contribution in [1.82, 2.24) is 16.0 Å². The minimum atomic E-state index is -1.38. The first kappa shape index (κ1) is 23.3. The van der Waals surface area contributed by atoms with Crippen LogP contribution in [-0.2, 0) is 19.1 Å². The molecule has 9 nitrogen and oxygen atoms in total. The third-order valence-corrected chi connectivity index (χ3v) is 6.01. The summed E-state index contributed by atoms with van der Waals surface area (Å²) in [6.45, 7) is 1.53. The van der Waals surface area contributed by atoms with Gasteiger partial charge in [-0.15, -0.1) is 0 Å². The van der Waals surface area contributed by atoms with Crippen LogP contribution in [0.1, 0.15) is 43.2 Å². The van der Waals surface area contributed by atoms with Gasteiger partial charge in [-0.25, -0.2) is 4.79 Å². The number of alkyl carbamates (subject to hydrolysis) is 1. The van der Waals surface area contributed by atoms with Crippen LogP contribution in [0.5, 0.6) is 0 Å². The van der Waals surface area contributed by atoms with Crippen LogP contribution < -0.4 is 16.0 Å². The lowest BCUT2D eigenvalue weighted by Gasteiger charge is -2.20. The molecule has 1 saturated carbocycles. The summed E-state index contributed by atoms with van der Waals surface area (Å²) in [6, 6.07) is 13.6. The van der Waals surface area contributed by atoms with E-state index in [1.54, 1.807) is 0 Å². The molecule has 2 aliphatic carbocycles. The minimum absolute atomic E-state index is 0.0292. The van der Waals surface area contributed by atoms with Gasteiger partial charge in [-0.1, -0.05) is 48.5 Å². The van der Waals surface area contributed by atoms with Gasteiger partial charge in [-0.3, -0.25) is 14.4 Å². The maximum atomic E-state index is 12.6. The van der Waals surface area contributed by atoms with Crippen molar-refractivity contribution in [3.63, 3.8) is 0 Å². The number of carbonyl (C=O) groups is 4. The van der Waals surface area contributed by atoms with Crippen LogP contribution in [0.2, 0.25) is 0 Å². The Hall–Kier alpha value is -3.88. The van der Waals surface area contributed by atoms with Crippen LogP contribution in [0.25, 0.3) is 11.1 Å². The van der Waals surface area contributed by atoms with Crippen molar-refractivity contribution in [2.45, 2.75) is 50.2 Å². The van der Waals surface area contributed by atoms with Crippen molar-refractivity contribution in [2.24, 2.45) is 0 Å². The SMILES string of the molecule is CC(NC(=O)C(CC(=O)O)NC(=O)OCC1c2ccccc2-c2ccccc21)C(=O)NC1CC1. The maximum Gasteiger partial charge on any atom is 0.407 e. The maximum absolute atomic E-state index is 12.6. The number of amides is 3. The molecule has 0 saturated heterocycles. The lowest BCUT2D eigenvalue weighted by atomic mass is 9.98. The number of rotatable bonds is 9. The molecular formula is C25H27N3O6. The predicted molar refractivity (Wildman–Crippen MR) is 123 cm³/mol. The summed E-state index contributed by atoms with van der Waals surface area (Å²) < 4.78 is 5.41. The van der Waals surface area contributed by atoms with E-state index >= 15 is 0 Å². The van der Waals surface area contributed by atoms with Crippen molar-refractivity contribution < 1.29 is 29.0 Å². The highest BCUT2D eigenvalue weighted by Crippen LogP contribution is 2.44. The number of hydrogen-bond acceptors (Lipinski definition) is 5. The summed E-state index contributed by atoms with van der Waals surface area (Å²) >= 11 is 0. The molecule has 0 heterocycles. The molecule has 2 aromatic rings. The Morgan fingerprint density at radius 2 is 1.53 bits per heavy atom. The van der Waals surface area contributed by atoms with E-state index in [1.165, 1.54) is 6.92 Å². The lowest BCUT2D eigenvalue weighted by molar-refractivity contribution is -0.140. The first-order valence-electron chi connectivity index (χ1n) is 11.3. The monoisotopic (exact) mass is 465 g/mol. The number of nitrogens with one attached hydrogen (secondary N) is 3. The average molecular weight is 466 g/mol. The van der Waals surface area contributed by atoms with E-state index < -0.39 is 36.5 Å². The Balaban J connectivity index is 1.37. The molecule has 0 bridgehead atoms. The Kier molecular flexibility index (Phi) is 6.81. The number of aliphatic carboxylic acids is 1. The Labute approximate surface area is 196 Å². The first-order valence-corrected chi connectivity index (χ1v) is 11.3. The second kappa shape index (κ2) is 9.94. The molecule has 0 aromatic heterocycles. The quantitative estimate of drug-likeness (QED) is 0.448. The van der Waals surface area contributed by atoms with Gasteiger partial charge in [0, 0.05) is 12.0 Å². The number of benzene rings is 2. The molecule has 178 valence electrons. The van der Waals surface area contributed by atoms with E-state index in [0.29, 0.717) is 0 Å². The highest BCUT2D eigenvalue weighted by atomic mass is 16.5. The number of hydrogen-bond donors (Lipinski definition) is 4. The lowest BCUT2D eigenvalue weighted by Crippen LogP contribution is -2.53. The third-order valence-electron chi connectivity index (χ3n) is 6.01. The van der Waals surface area contributed by atoms with Crippen molar-refractivity contribution in [1.29, 1.82) is 0 Å². The summed E-state index contributed by atoms with van der Waals surface area (Å²) in [6.07, 6.45) is 0.250. The zero-order chi connectivity index (χ0) is 24.2. The van der Waals surface area contributed by atoms with Gasteiger partial charge in [-0.2, -0.15) is 0 Å². The number of carbonyl (C=O) groups excluding carboxylic acids is 3. The Bertz CT molecular complexity index is 1070. The Morgan fingerprint density at radius 1 is 0.941 bits per heavy atom. The fourth-order valence-corrected chi connectivity index (χ4v) is 4.10. The van der Waals surface area contributed by atoms with Crippen molar-refractivity contribution in [3.05, 3.63) is 59.7 Å². The summed E-state index contributed by atoms with van der Waals surface area (Å²) in [5.74, 6) is -2.56. The largest absolute Gasteiger partial charge is 0.481 e. The third kappa shape index (κ3) is 5.36. The van der Waals surface area contributed by atoms with E-state index in [4.69, 9.17) is 4.74 Å². The molecule has 1 fully saturated rings. The summed E-state index contributed by atoms with van der Waals surface area (Å²) in [5.41, 5.74) is 4.22. The number of ether oxygens (including phenoxy) is 1. The molecule has 2 atom stereocenters. The highest BCUT2D eigenvalue weighted by Gasteiger charge is 2.32. The fourth-order valence-electron chi connectivity index (χ4n) is 4.10. The number of fused-ring (bicyclic) bond motifs is 3. The van der Waals surface area contributed by atoms with Crippen LogP contribution in [0.15, 0.2) is 48.5 Å². The molecule has 9 heteroatoms. The van der Waals surface area contributed by atoms with Crippen LogP contribution in [0, 0.1) is 0 Å². The highest BCUT2D eigenvalue weighted by molar-refractivity contribution is 5.93. The van der Waals surface area contributed by atoms with Crippen molar-refractivity contribution >= 4 is 23.9 Å². The number of carboxylic acids is 1. The molecule has 3 amide bonds. The first-order chi connectivity index (χ1) is 16.3. The molecule has 0 spiro atoms. The molecule has 2 aromatic carbocycles. The molecule has 4 N–H and O–H groups in total. The molecule has 2 aliphatic rings. The predicted octanol–water partition coefficient (Wildman–Crippen LogP) is 2.15. The summed E-state index contributed by atoms with van der Waals surface area (Å²) in [5, 5.41) is 16.7. The smallest absolute Gasteiger partial charge is 0.407 e. The fraction of sp³-hybridized carbons (Fsp3) is 0.360. The van der Waals surface area contributed by atoms with Gasteiger partial charge in [-0.05, 0) is 42.0 Å². The normalized spacial score (nSPS) is 15.9. The van der Waals surface area contributed by atoms with E-state index in [2.05, 4.69) is 16.0 Å². The molecule has 4 rings (SSSR count). The van der Waals surface area contributed by atoms with Gasteiger partial charge in [0.25, 0.3) is 0 Å². The van der Waals surface area contributed by atoms with Gasteiger partial charge in [0.15, 0.2) is 0 Å². The van der Waals surface area contributed by atoms with Crippen molar-refractivity contribution in [3.8, 4) is 11.1 Å². The topological polar surface area (TPSA) is 134 Å². The summed E-state index contributed by atoms with van der Waals surface area (Å²) in [7, 11) is 0. The van der Waals surface area contributed by atoms with Crippen LogP contribution in [0.3, 0.4) is 0 Å². The molecular weight excluding hydrogens is 438 g/mol. The second-order valence-electron chi connectivity index (χ2n) is 8.63. The van der Waals surface area contributed by atoms with Gasteiger partial charge >= 0.3 is 12.1 Å². The standard InChI is InChI=1S/C25H27N3O6/c1-14(23(31)27-15-10-11-15)26-24(32)21(12-22(29)30)28-25(33)34-13-20-18-8-4-2-6-16(18)17-7-3-5-9-19(17)20/h2-9,14-15,20-21H,10-13H2,1H3,(H,26,32)(H,27,31)(H,28,33)(H,29,30). The molecule has 34 heavy (non-hydrogen) atoms. The molecule has 0 radical (unpaired) electrons. The van der Waals surface area contributed by atoms with Crippen LogP contribution in [0.4, 0.5) is 4.79 Å². The minimum Gasteiger partial charge on any atom is -0.481 e. The van der Waals surface area contributed by atoms with Crippen LogP contribution >= 0.6 is 0 Å². The van der Waals surface area contributed by atoms with Gasteiger partial charge in [0.05, 0.1) is 6.42 Å². The zero-order valence-corrected chi connectivity index (χ0v) is 18.7. The van der Waals surface area contributed by atoms with Crippen molar-refractivity contribution in [2.75, 3.05) is 6.61 Å². The van der Waals surface area contributed by atoms with Gasteiger partial charge in [0.1, 0.15) is 18.7 Å². The van der Waals surface area contributed by atoms with Gasteiger partial charge in [0.2, 0.25) is 11.8 Å². The zero-order valence-electron chi connectivity index (χ0n) is 18.7. The number of carboxylic acid groups (broad SMARTS) is 1. The molecule has 2 unspecified atom stereocenters. The summed E-state index contributed by atoms with van der Waals surface area (Å²) in [4.78, 5) is 48.5. The van der Waals surface area contributed by atoms with E-state index in [-0.39, 0.29) is 24.5 Å². The van der Waals surface area contributed by atoms with Crippen LogP contribution in [-0.4, -0.2) is 53.7 Å². The Morgan fingerprint density at radius 3 is 2.09 bits per heavy atom. The second-order valence-corrected chi connectivity index (χ2v) is 8.63. The van der Waals surface area contributed by atoms with E-state index in [0.717, 1.165) is 35.1 Å². The van der Waals surface area contributed by atoms with E-state index in [9.17, 15) is 24.3 Å². The van der Waals surface area contributed by atoms with E-state index in [1.807, 2.05) is 48.5 Å².